The summed E-state index contributed by atoms with van der Waals surface area (Å²) in [7, 11) is 0. The summed E-state index contributed by atoms with van der Waals surface area (Å²) < 4.78 is 6.39. The zero-order valence-electron chi connectivity index (χ0n) is 19.9. The fourth-order valence-corrected chi connectivity index (χ4v) is 5.75. The van der Waals surface area contributed by atoms with E-state index in [1.807, 2.05) is 48.5 Å². The van der Waals surface area contributed by atoms with Gasteiger partial charge in [-0.2, -0.15) is 4.99 Å². The van der Waals surface area contributed by atoms with Gasteiger partial charge in [0.2, 0.25) is 0 Å². The molecule has 0 aromatic heterocycles. The maximum atomic E-state index is 12.9. The molecule has 0 saturated carbocycles. The van der Waals surface area contributed by atoms with Crippen molar-refractivity contribution < 1.29 is 9.53 Å². The van der Waals surface area contributed by atoms with Crippen molar-refractivity contribution in [3.63, 3.8) is 0 Å². The van der Waals surface area contributed by atoms with E-state index < -0.39 is 0 Å². The molecule has 6 heteroatoms. The number of para-hydroxylation sites is 1. The number of rotatable bonds is 4. The van der Waals surface area contributed by atoms with Crippen molar-refractivity contribution in [1.82, 2.24) is 9.80 Å². The van der Waals surface area contributed by atoms with E-state index in [1.54, 1.807) is 0 Å². The van der Waals surface area contributed by atoms with Gasteiger partial charge in [0, 0.05) is 38.3 Å². The Morgan fingerprint density at radius 2 is 1.58 bits per heavy atom. The van der Waals surface area contributed by atoms with Crippen molar-refractivity contribution in [3.8, 4) is 5.75 Å². The van der Waals surface area contributed by atoms with E-state index >= 15 is 0 Å². The van der Waals surface area contributed by atoms with Crippen LogP contribution in [0.3, 0.4) is 0 Å². The smallest absolute Gasteiger partial charge is 0.286 e. The average Bonchev–Trinajstić information content (AvgIpc) is 3.29. The molecule has 3 aromatic carbocycles. The SMILES string of the molecule is O=C1N=C(N2CCN(Cc3ccccc3)CC2)S/C1=C/C1=Cc2ccccc2OC1c1ccccc1. The molecule has 6 rings (SSSR count). The fourth-order valence-electron chi connectivity index (χ4n) is 4.79. The Bertz CT molecular complexity index is 1340. The van der Waals surface area contributed by atoms with Crippen molar-refractivity contribution in [2.24, 2.45) is 4.99 Å². The van der Waals surface area contributed by atoms with Gasteiger partial charge in [0.05, 0.1) is 4.91 Å². The largest absolute Gasteiger partial charge is 0.480 e. The van der Waals surface area contributed by atoms with E-state index in [2.05, 4.69) is 63.3 Å². The second kappa shape index (κ2) is 10.2. The number of benzene rings is 3. The molecule has 0 bridgehead atoms. The third-order valence-corrected chi connectivity index (χ3v) is 7.73. The zero-order chi connectivity index (χ0) is 24.3. The Morgan fingerprint density at radius 1 is 0.889 bits per heavy atom. The highest BCUT2D eigenvalue weighted by Crippen LogP contribution is 2.40. The monoisotopic (exact) mass is 493 g/mol. The molecule has 3 aliphatic heterocycles. The maximum absolute atomic E-state index is 12.9. The molecule has 1 fully saturated rings. The molecule has 1 unspecified atom stereocenters. The minimum atomic E-state index is -0.271. The second-order valence-corrected chi connectivity index (χ2v) is 10.2. The molecule has 3 aliphatic rings. The number of hydrogen-bond acceptors (Lipinski definition) is 5. The van der Waals surface area contributed by atoms with Crippen molar-refractivity contribution >= 4 is 28.9 Å². The minimum Gasteiger partial charge on any atom is -0.480 e. The van der Waals surface area contributed by atoms with E-state index in [0.717, 1.165) is 60.3 Å². The maximum Gasteiger partial charge on any atom is 0.286 e. The highest BCUT2D eigenvalue weighted by Gasteiger charge is 2.30. The van der Waals surface area contributed by atoms with Crippen LogP contribution in [0.25, 0.3) is 6.08 Å². The van der Waals surface area contributed by atoms with Gasteiger partial charge in [-0.1, -0.05) is 78.9 Å². The number of fused-ring (bicyclic) bond motifs is 1. The number of amides is 1. The summed E-state index contributed by atoms with van der Waals surface area (Å²) in [5.74, 6) is 0.678. The van der Waals surface area contributed by atoms with Gasteiger partial charge < -0.3 is 9.64 Å². The lowest BCUT2D eigenvalue weighted by atomic mass is 9.95. The third-order valence-electron chi connectivity index (χ3n) is 6.69. The predicted octanol–water partition coefficient (Wildman–Crippen LogP) is 5.53. The summed E-state index contributed by atoms with van der Waals surface area (Å²) in [6.45, 7) is 4.59. The van der Waals surface area contributed by atoms with Gasteiger partial charge in [0.15, 0.2) is 5.17 Å². The molecular weight excluding hydrogens is 466 g/mol. The van der Waals surface area contributed by atoms with Crippen LogP contribution in [0.4, 0.5) is 0 Å². The molecule has 0 radical (unpaired) electrons. The molecule has 0 aliphatic carbocycles. The van der Waals surface area contributed by atoms with Crippen LogP contribution in [-0.2, 0) is 11.3 Å². The van der Waals surface area contributed by atoms with Gasteiger partial charge in [-0.3, -0.25) is 9.69 Å². The standard InChI is InChI=1S/C30H27N3O2S/c34-29-27(36-30(31-29)33-17-15-32(16-18-33)21-22-9-3-1-4-10-22)20-25-19-24-13-7-8-14-26(24)35-28(25)23-11-5-2-6-12-23/h1-14,19-20,28H,15-18,21H2/b27-20+. The third kappa shape index (κ3) is 4.87. The normalized spacial score (nSPS) is 21.1. The molecular formula is C30H27N3O2S. The molecule has 5 nitrogen and oxygen atoms in total. The number of nitrogens with zero attached hydrogens (tertiary/aromatic N) is 3. The van der Waals surface area contributed by atoms with E-state index in [4.69, 9.17) is 4.74 Å². The first-order valence-electron chi connectivity index (χ1n) is 12.3. The molecule has 36 heavy (non-hydrogen) atoms. The predicted molar refractivity (Wildman–Crippen MR) is 146 cm³/mol. The van der Waals surface area contributed by atoms with Gasteiger partial charge >= 0.3 is 0 Å². The Kier molecular flexibility index (Phi) is 6.45. The summed E-state index contributed by atoms with van der Waals surface area (Å²) in [6, 6.07) is 28.7. The summed E-state index contributed by atoms with van der Waals surface area (Å²) in [5.41, 5.74) is 4.36. The van der Waals surface area contributed by atoms with Gasteiger partial charge in [0.1, 0.15) is 11.9 Å². The Morgan fingerprint density at radius 3 is 2.36 bits per heavy atom. The first-order valence-corrected chi connectivity index (χ1v) is 13.1. The molecule has 1 atom stereocenters. The van der Waals surface area contributed by atoms with Crippen LogP contribution in [0.1, 0.15) is 22.8 Å². The van der Waals surface area contributed by atoms with Crippen LogP contribution < -0.4 is 4.74 Å². The minimum absolute atomic E-state index is 0.173. The Labute approximate surface area is 215 Å². The van der Waals surface area contributed by atoms with Gasteiger partial charge in [-0.25, -0.2) is 0 Å². The topological polar surface area (TPSA) is 45.1 Å². The van der Waals surface area contributed by atoms with Crippen molar-refractivity contribution in [1.29, 1.82) is 0 Å². The van der Waals surface area contributed by atoms with Crippen molar-refractivity contribution in [3.05, 3.63) is 118 Å². The van der Waals surface area contributed by atoms with E-state index in [9.17, 15) is 4.79 Å². The number of carbonyl (C=O) groups is 1. The van der Waals surface area contributed by atoms with Crippen LogP contribution in [-0.4, -0.2) is 47.1 Å². The average molecular weight is 494 g/mol. The highest BCUT2D eigenvalue weighted by atomic mass is 32.2. The lowest BCUT2D eigenvalue weighted by Crippen LogP contribution is -2.47. The number of hydrogen-bond donors (Lipinski definition) is 0. The number of ether oxygens (including phenoxy) is 1. The summed E-state index contributed by atoms with van der Waals surface area (Å²) in [4.78, 5) is 22.7. The Hall–Kier alpha value is -3.61. The molecule has 1 saturated heterocycles. The number of aliphatic imine (C=N–C) groups is 1. The van der Waals surface area contributed by atoms with E-state index in [-0.39, 0.29) is 12.0 Å². The quantitative estimate of drug-likeness (QED) is 0.447. The van der Waals surface area contributed by atoms with E-state index in [1.165, 1.54) is 17.3 Å². The molecule has 0 N–H and O–H groups in total. The van der Waals surface area contributed by atoms with Crippen LogP contribution in [0, 0.1) is 0 Å². The van der Waals surface area contributed by atoms with Crippen LogP contribution in [0.2, 0.25) is 0 Å². The number of amidine groups is 1. The molecule has 3 aromatic rings. The zero-order valence-corrected chi connectivity index (χ0v) is 20.7. The lowest BCUT2D eigenvalue weighted by molar-refractivity contribution is -0.113. The first kappa shape index (κ1) is 22.8. The summed E-state index contributed by atoms with van der Waals surface area (Å²) in [5, 5.41) is 0.805. The fraction of sp³-hybridized carbons (Fsp3) is 0.200. The molecule has 1 amide bonds. The number of piperazine rings is 1. The lowest BCUT2D eigenvalue weighted by Gasteiger charge is -2.35. The van der Waals surface area contributed by atoms with Gasteiger partial charge in [-0.05, 0) is 46.7 Å². The Balaban J connectivity index is 1.17. The van der Waals surface area contributed by atoms with Gasteiger partial charge in [-0.15, -0.1) is 0 Å². The van der Waals surface area contributed by atoms with Crippen molar-refractivity contribution in [2.75, 3.05) is 26.2 Å². The second-order valence-electron chi connectivity index (χ2n) is 9.15. The first-order chi connectivity index (χ1) is 17.7. The van der Waals surface area contributed by atoms with E-state index in [0.29, 0.717) is 4.91 Å². The summed E-state index contributed by atoms with van der Waals surface area (Å²) in [6.07, 6.45) is 3.81. The van der Waals surface area contributed by atoms with Crippen molar-refractivity contribution in [2.45, 2.75) is 12.6 Å². The van der Waals surface area contributed by atoms with Gasteiger partial charge in [0.25, 0.3) is 5.91 Å². The van der Waals surface area contributed by atoms with Crippen LogP contribution in [0.15, 0.2) is 106 Å². The molecule has 3 heterocycles. The number of carbonyl (C=O) groups excluding carboxylic acids is 1. The highest BCUT2D eigenvalue weighted by molar-refractivity contribution is 8.18. The molecule has 0 spiro atoms. The summed E-state index contributed by atoms with van der Waals surface area (Å²) >= 11 is 1.48. The number of thioether (sulfide) groups is 1. The molecule has 180 valence electrons. The van der Waals surface area contributed by atoms with Crippen LogP contribution >= 0.6 is 11.8 Å². The van der Waals surface area contributed by atoms with Crippen LogP contribution in [0.5, 0.6) is 5.75 Å².